The van der Waals surface area contributed by atoms with Crippen LogP contribution in [-0.2, 0) is 0 Å². The first-order valence-electron chi connectivity index (χ1n) is 6.59. The molecular formula is C14H28OS. The molecule has 0 unspecified atom stereocenters. The van der Waals surface area contributed by atoms with Crippen molar-refractivity contribution in [2.75, 3.05) is 6.26 Å². The van der Waals surface area contributed by atoms with Crippen molar-refractivity contribution in [3.05, 3.63) is 12.2 Å². The van der Waals surface area contributed by atoms with E-state index in [4.69, 9.17) is 5.11 Å². The average molecular weight is 244 g/mol. The molecule has 0 fully saturated rings. The third-order valence-electron chi connectivity index (χ3n) is 2.75. The molecule has 0 heterocycles. The second-order valence-corrected chi connectivity index (χ2v) is 5.53. The van der Waals surface area contributed by atoms with E-state index in [-0.39, 0.29) is 6.10 Å². The van der Waals surface area contributed by atoms with Crippen molar-refractivity contribution in [3.63, 3.8) is 0 Å². The lowest BCUT2D eigenvalue weighted by Crippen LogP contribution is -2.00. The first-order valence-corrected chi connectivity index (χ1v) is 7.88. The van der Waals surface area contributed by atoms with Gasteiger partial charge in [-0.15, -0.1) is 0 Å². The Bertz CT molecular complexity index is 166. The summed E-state index contributed by atoms with van der Waals surface area (Å²) in [7, 11) is 0. The molecule has 0 aliphatic heterocycles. The molecule has 0 aromatic rings. The third kappa shape index (κ3) is 10.6. The monoisotopic (exact) mass is 244 g/mol. The van der Waals surface area contributed by atoms with Gasteiger partial charge >= 0.3 is 0 Å². The van der Waals surface area contributed by atoms with Crippen LogP contribution in [0.2, 0.25) is 0 Å². The zero-order chi connectivity index (χ0) is 12.2. The maximum Gasteiger partial charge on any atom is 0.0693 e. The first kappa shape index (κ1) is 16.1. The molecule has 0 aliphatic carbocycles. The van der Waals surface area contributed by atoms with Gasteiger partial charge in [0.1, 0.15) is 0 Å². The summed E-state index contributed by atoms with van der Waals surface area (Å²) in [5.41, 5.74) is 0. The van der Waals surface area contributed by atoms with Crippen molar-refractivity contribution in [1.82, 2.24) is 0 Å². The smallest absolute Gasteiger partial charge is 0.0693 e. The minimum Gasteiger partial charge on any atom is -0.389 e. The Morgan fingerprint density at radius 2 is 1.69 bits per heavy atom. The molecule has 1 nitrogen and oxygen atoms in total. The summed E-state index contributed by atoms with van der Waals surface area (Å²) in [6.45, 7) is 4.06. The van der Waals surface area contributed by atoms with Crippen molar-refractivity contribution in [3.8, 4) is 0 Å². The second kappa shape index (κ2) is 11.5. The number of rotatable bonds is 10. The van der Waals surface area contributed by atoms with Gasteiger partial charge in [0.05, 0.1) is 6.10 Å². The molecule has 0 bridgehead atoms. The topological polar surface area (TPSA) is 20.2 Å². The highest BCUT2D eigenvalue weighted by molar-refractivity contribution is 7.99. The summed E-state index contributed by atoms with van der Waals surface area (Å²) in [6.07, 6.45) is 15.3. The molecule has 0 rings (SSSR count). The fraction of sp³-hybridized carbons (Fsp3) is 0.857. The summed E-state index contributed by atoms with van der Waals surface area (Å²) in [6, 6.07) is 0. The fourth-order valence-electron chi connectivity index (χ4n) is 1.70. The zero-order valence-corrected chi connectivity index (χ0v) is 11.9. The number of aliphatic hydroxyl groups is 1. The third-order valence-corrected chi connectivity index (χ3v) is 3.75. The SMILES string of the molecule is CCCCCCCC[C@H](/C=C/[C@@H](C)O)SC. The molecule has 0 saturated carbocycles. The molecule has 0 saturated heterocycles. The van der Waals surface area contributed by atoms with Crippen LogP contribution in [0.15, 0.2) is 12.2 Å². The summed E-state index contributed by atoms with van der Waals surface area (Å²) in [5.74, 6) is 0. The standard InChI is InChI=1S/C14H28OS/c1-4-5-6-7-8-9-10-14(16-3)12-11-13(2)15/h11-15H,4-10H2,1-3H3/b12-11+/t13-,14-/m1/s1. The van der Waals surface area contributed by atoms with E-state index < -0.39 is 0 Å². The highest BCUT2D eigenvalue weighted by atomic mass is 32.2. The molecule has 2 heteroatoms. The number of thioether (sulfide) groups is 1. The maximum absolute atomic E-state index is 9.17. The van der Waals surface area contributed by atoms with Gasteiger partial charge in [0.25, 0.3) is 0 Å². The first-order chi connectivity index (χ1) is 7.70. The van der Waals surface area contributed by atoms with Gasteiger partial charge in [-0.05, 0) is 19.6 Å². The van der Waals surface area contributed by atoms with Crippen LogP contribution in [-0.4, -0.2) is 22.7 Å². The molecule has 96 valence electrons. The molecular weight excluding hydrogens is 216 g/mol. The Balaban J connectivity index is 3.48. The van der Waals surface area contributed by atoms with Crippen LogP contribution in [0.5, 0.6) is 0 Å². The molecule has 0 amide bonds. The predicted octanol–water partition coefficient (Wildman–Crippen LogP) is 4.41. The van der Waals surface area contributed by atoms with E-state index in [2.05, 4.69) is 19.3 Å². The minimum absolute atomic E-state index is 0.306. The van der Waals surface area contributed by atoms with Gasteiger partial charge in [0, 0.05) is 5.25 Å². The van der Waals surface area contributed by atoms with Crippen LogP contribution in [0.4, 0.5) is 0 Å². The molecule has 0 spiro atoms. The fourth-order valence-corrected chi connectivity index (χ4v) is 2.35. The van der Waals surface area contributed by atoms with Crippen molar-refractivity contribution in [2.24, 2.45) is 0 Å². The van der Waals surface area contributed by atoms with Crippen LogP contribution < -0.4 is 0 Å². The van der Waals surface area contributed by atoms with E-state index in [1.54, 1.807) is 6.92 Å². The summed E-state index contributed by atoms with van der Waals surface area (Å²) >= 11 is 1.88. The second-order valence-electron chi connectivity index (χ2n) is 4.46. The Labute approximate surface area is 106 Å². The zero-order valence-electron chi connectivity index (χ0n) is 11.1. The van der Waals surface area contributed by atoms with Gasteiger partial charge in [-0.25, -0.2) is 0 Å². The molecule has 16 heavy (non-hydrogen) atoms. The quantitative estimate of drug-likeness (QED) is 0.454. The molecule has 0 aromatic carbocycles. The van der Waals surface area contributed by atoms with Gasteiger partial charge in [-0.2, -0.15) is 11.8 Å². The van der Waals surface area contributed by atoms with Crippen molar-refractivity contribution >= 4 is 11.8 Å². The summed E-state index contributed by atoms with van der Waals surface area (Å²) in [4.78, 5) is 0. The Hall–Kier alpha value is 0.0500. The van der Waals surface area contributed by atoms with E-state index in [1.807, 2.05) is 17.8 Å². The summed E-state index contributed by atoms with van der Waals surface area (Å²) < 4.78 is 0. The van der Waals surface area contributed by atoms with Crippen LogP contribution in [0.25, 0.3) is 0 Å². The number of hydrogen-bond donors (Lipinski definition) is 1. The van der Waals surface area contributed by atoms with E-state index in [1.165, 1.54) is 44.9 Å². The maximum atomic E-state index is 9.17. The number of hydrogen-bond acceptors (Lipinski definition) is 2. The Morgan fingerprint density at radius 3 is 2.25 bits per heavy atom. The van der Waals surface area contributed by atoms with E-state index in [0.29, 0.717) is 5.25 Å². The summed E-state index contributed by atoms with van der Waals surface area (Å²) in [5, 5.41) is 9.75. The Morgan fingerprint density at radius 1 is 1.06 bits per heavy atom. The lowest BCUT2D eigenvalue weighted by atomic mass is 10.1. The van der Waals surface area contributed by atoms with E-state index in [0.717, 1.165) is 0 Å². The molecule has 2 atom stereocenters. The van der Waals surface area contributed by atoms with Gasteiger partial charge < -0.3 is 5.11 Å². The van der Waals surface area contributed by atoms with Crippen molar-refractivity contribution < 1.29 is 5.11 Å². The predicted molar refractivity (Wildman–Crippen MR) is 76.1 cm³/mol. The van der Waals surface area contributed by atoms with E-state index in [9.17, 15) is 0 Å². The number of unbranched alkanes of at least 4 members (excludes halogenated alkanes) is 5. The van der Waals surface area contributed by atoms with Crippen molar-refractivity contribution in [2.45, 2.75) is 70.1 Å². The molecule has 0 aromatic heterocycles. The lowest BCUT2D eigenvalue weighted by molar-refractivity contribution is 0.244. The molecule has 0 aliphatic rings. The van der Waals surface area contributed by atoms with Gasteiger partial charge in [-0.3, -0.25) is 0 Å². The van der Waals surface area contributed by atoms with Gasteiger partial charge in [0.2, 0.25) is 0 Å². The molecule has 0 radical (unpaired) electrons. The lowest BCUT2D eigenvalue weighted by Gasteiger charge is -2.09. The average Bonchev–Trinajstić information content (AvgIpc) is 2.27. The van der Waals surface area contributed by atoms with Crippen LogP contribution >= 0.6 is 11.8 Å². The van der Waals surface area contributed by atoms with Crippen LogP contribution in [0, 0.1) is 0 Å². The van der Waals surface area contributed by atoms with Gasteiger partial charge in [0.15, 0.2) is 0 Å². The number of aliphatic hydroxyl groups excluding tert-OH is 1. The Kier molecular flexibility index (Phi) is 11.6. The highest BCUT2D eigenvalue weighted by Gasteiger charge is 2.02. The van der Waals surface area contributed by atoms with Gasteiger partial charge in [-0.1, -0.05) is 57.6 Å². The minimum atomic E-state index is -0.306. The normalized spacial score (nSPS) is 15.5. The highest BCUT2D eigenvalue weighted by Crippen LogP contribution is 2.17. The van der Waals surface area contributed by atoms with Crippen LogP contribution in [0.3, 0.4) is 0 Å². The van der Waals surface area contributed by atoms with E-state index >= 15 is 0 Å². The largest absolute Gasteiger partial charge is 0.389 e. The molecule has 1 N–H and O–H groups in total. The van der Waals surface area contributed by atoms with Crippen molar-refractivity contribution in [1.29, 1.82) is 0 Å². The van der Waals surface area contributed by atoms with Crippen LogP contribution in [0.1, 0.15) is 58.8 Å².